The van der Waals surface area contributed by atoms with E-state index in [4.69, 9.17) is 9.47 Å². The molecular weight excluding hydrogens is 440 g/mol. The maximum absolute atomic E-state index is 6.08. The van der Waals surface area contributed by atoms with E-state index in [2.05, 4.69) is 52.8 Å². The number of hydrogen-bond donors (Lipinski definition) is 0. The van der Waals surface area contributed by atoms with Gasteiger partial charge in [0.1, 0.15) is 11.5 Å². The average Bonchev–Trinajstić information content (AvgIpc) is 2.85. The van der Waals surface area contributed by atoms with Gasteiger partial charge in [-0.15, -0.1) is 0 Å². The van der Waals surface area contributed by atoms with Gasteiger partial charge in [-0.3, -0.25) is 0 Å². The molecule has 1 heterocycles. The maximum atomic E-state index is 6.08. The Morgan fingerprint density at radius 2 is 1.44 bits per heavy atom. The van der Waals surface area contributed by atoms with Crippen molar-refractivity contribution in [3.8, 4) is 11.5 Å². The minimum absolute atomic E-state index is 0.667. The van der Waals surface area contributed by atoms with Crippen molar-refractivity contribution in [3.05, 3.63) is 23.8 Å². The third-order valence-electron chi connectivity index (χ3n) is 8.21. The molecular formula is C34H60O2. The summed E-state index contributed by atoms with van der Waals surface area (Å²) in [5.74, 6) is 5.45. The number of ether oxygens (including phenoxy) is 2. The van der Waals surface area contributed by atoms with Gasteiger partial charge in [0.15, 0.2) is 0 Å². The highest BCUT2D eigenvalue weighted by Crippen LogP contribution is 2.32. The summed E-state index contributed by atoms with van der Waals surface area (Å²) in [6.45, 7) is 13.6. The molecule has 0 spiro atoms. The number of fused-ring (bicyclic) bond motifs is 1. The van der Waals surface area contributed by atoms with Crippen LogP contribution in [-0.2, 0) is 6.42 Å². The van der Waals surface area contributed by atoms with Crippen LogP contribution < -0.4 is 9.47 Å². The third-order valence-corrected chi connectivity index (χ3v) is 8.21. The largest absolute Gasteiger partial charge is 0.494 e. The number of hydrogen-bond acceptors (Lipinski definition) is 2. The lowest BCUT2D eigenvalue weighted by molar-refractivity contribution is 0.210. The molecule has 2 nitrogen and oxygen atoms in total. The molecule has 0 saturated heterocycles. The fraction of sp³-hybridized carbons (Fsp3) is 0.824. The minimum atomic E-state index is 0.667. The van der Waals surface area contributed by atoms with Gasteiger partial charge in [0.2, 0.25) is 0 Å². The van der Waals surface area contributed by atoms with Crippen LogP contribution in [0, 0.1) is 23.7 Å². The van der Waals surface area contributed by atoms with Gasteiger partial charge in [-0.2, -0.15) is 0 Å². The summed E-state index contributed by atoms with van der Waals surface area (Å²) in [4.78, 5) is 0. The molecule has 1 aromatic rings. The fourth-order valence-electron chi connectivity index (χ4n) is 5.69. The van der Waals surface area contributed by atoms with Crippen molar-refractivity contribution in [2.75, 3.05) is 13.2 Å². The molecule has 0 saturated carbocycles. The van der Waals surface area contributed by atoms with Crippen molar-refractivity contribution < 1.29 is 9.47 Å². The van der Waals surface area contributed by atoms with E-state index in [0.29, 0.717) is 5.92 Å². The summed E-state index contributed by atoms with van der Waals surface area (Å²) in [6, 6.07) is 6.40. The first-order valence-corrected chi connectivity index (χ1v) is 15.9. The molecule has 0 amide bonds. The molecule has 3 atom stereocenters. The Labute approximate surface area is 225 Å². The first kappa shape index (κ1) is 31.0. The summed E-state index contributed by atoms with van der Waals surface area (Å²) < 4.78 is 12.0. The number of unbranched alkanes of at least 4 members (excludes halogenated alkanes) is 6. The van der Waals surface area contributed by atoms with Crippen LogP contribution >= 0.6 is 0 Å². The van der Waals surface area contributed by atoms with Gasteiger partial charge in [-0.05, 0) is 66.7 Å². The lowest BCUT2D eigenvalue weighted by Crippen LogP contribution is -2.20. The van der Waals surface area contributed by atoms with Crippen molar-refractivity contribution in [1.29, 1.82) is 0 Å². The lowest BCUT2D eigenvalue weighted by atomic mass is 9.91. The highest BCUT2D eigenvalue weighted by Gasteiger charge is 2.20. The Morgan fingerprint density at radius 1 is 0.778 bits per heavy atom. The van der Waals surface area contributed by atoms with E-state index < -0.39 is 0 Å². The van der Waals surface area contributed by atoms with Crippen LogP contribution in [-0.4, -0.2) is 13.2 Å². The molecule has 0 bridgehead atoms. The van der Waals surface area contributed by atoms with Crippen molar-refractivity contribution in [1.82, 2.24) is 0 Å². The van der Waals surface area contributed by atoms with E-state index in [-0.39, 0.29) is 0 Å². The van der Waals surface area contributed by atoms with Crippen molar-refractivity contribution in [3.63, 3.8) is 0 Å². The molecule has 0 aliphatic carbocycles. The minimum Gasteiger partial charge on any atom is -0.494 e. The van der Waals surface area contributed by atoms with Gasteiger partial charge in [0, 0.05) is 0 Å². The first-order chi connectivity index (χ1) is 17.5. The Balaban J connectivity index is 1.47. The van der Waals surface area contributed by atoms with E-state index >= 15 is 0 Å². The van der Waals surface area contributed by atoms with E-state index in [1.165, 1.54) is 102 Å². The van der Waals surface area contributed by atoms with Gasteiger partial charge in [0.25, 0.3) is 0 Å². The average molecular weight is 501 g/mol. The first-order valence-electron chi connectivity index (χ1n) is 15.9. The monoisotopic (exact) mass is 500 g/mol. The third kappa shape index (κ3) is 13.9. The second kappa shape index (κ2) is 19.0. The molecule has 1 aliphatic rings. The molecule has 0 aromatic heterocycles. The molecule has 2 heteroatoms. The summed E-state index contributed by atoms with van der Waals surface area (Å²) in [5, 5.41) is 0. The van der Waals surface area contributed by atoms with E-state index in [1.807, 2.05) is 0 Å². The van der Waals surface area contributed by atoms with Gasteiger partial charge < -0.3 is 9.47 Å². The van der Waals surface area contributed by atoms with Crippen molar-refractivity contribution >= 4 is 0 Å². The maximum Gasteiger partial charge on any atom is 0.122 e. The van der Waals surface area contributed by atoms with Crippen LogP contribution in [0.5, 0.6) is 11.5 Å². The summed E-state index contributed by atoms with van der Waals surface area (Å²) in [6.07, 6.45) is 23.0. The van der Waals surface area contributed by atoms with Gasteiger partial charge in [-0.25, -0.2) is 0 Å². The zero-order chi connectivity index (χ0) is 26.0. The standard InChI is InChI=1S/C34H60O2/c1-6-7-13-24-35-33-22-23-34-32(26-33)25-31(27-36-34)21-12-10-8-9-11-17-29(4)19-15-20-30(5)18-14-16-28(2)3/h22-23,26,28-31H,6-21,24-25,27H2,1-5H3. The Morgan fingerprint density at radius 3 is 2.17 bits per heavy atom. The molecule has 0 N–H and O–H groups in total. The van der Waals surface area contributed by atoms with E-state index in [0.717, 1.165) is 55.3 Å². The smallest absolute Gasteiger partial charge is 0.122 e. The molecule has 3 unspecified atom stereocenters. The van der Waals surface area contributed by atoms with Crippen molar-refractivity contribution in [2.24, 2.45) is 23.7 Å². The highest BCUT2D eigenvalue weighted by atomic mass is 16.5. The zero-order valence-corrected chi connectivity index (χ0v) is 24.8. The van der Waals surface area contributed by atoms with Crippen LogP contribution in [0.25, 0.3) is 0 Å². The summed E-state index contributed by atoms with van der Waals surface area (Å²) in [5.41, 5.74) is 1.35. The van der Waals surface area contributed by atoms with Gasteiger partial charge in [0.05, 0.1) is 13.2 Å². The number of benzene rings is 1. The second-order valence-electron chi connectivity index (χ2n) is 12.5. The second-order valence-corrected chi connectivity index (χ2v) is 12.5. The Kier molecular flexibility index (Phi) is 16.4. The fourth-order valence-corrected chi connectivity index (χ4v) is 5.69. The molecule has 0 radical (unpaired) electrons. The Hall–Kier alpha value is -1.18. The van der Waals surface area contributed by atoms with Gasteiger partial charge in [-0.1, -0.05) is 125 Å². The molecule has 1 aliphatic heterocycles. The topological polar surface area (TPSA) is 18.5 Å². The number of rotatable bonds is 21. The molecule has 208 valence electrons. The molecule has 36 heavy (non-hydrogen) atoms. The van der Waals surface area contributed by atoms with Crippen LogP contribution in [0.15, 0.2) is 18.2 Å². The quantitative estimate of drug-likeness (QED) is 0.156. The van der Waals surface area contributed by atoms with Crippen LogP contribution in [0.3, 0.4) is 0 Å². The van der Waals surface area contributed by atoms with Crippen LogP contribution in [0.4, 0.5) is 0 Å². The predicted molar refractivity (Wildman–Crippen MR) is 157 cm³/mol. The van der Waals surface area contributed by atoms with E-state index in [1.54, 1.807) is 0 Å². The normalized spacial score (nSPS) is 17.0. The molecule has 2 rings (SSSR count). The Bertz CT molecular complexity index is 667. The van der Waals surface area contributed by atoms with Gasteiger partial charge >= 0.3 is 0 Å². The highest BCUT2D eigenvalue weighted by molar-refractivity contribution is 5.41. The van der Waals surface area contributed by atoms with Crippen molar-refractivity contribution in [2.45, 2.75) is 144 Å². The van der Waals surface area contributed by atoms with Crippen LogP contribution in [0.1, 0.15) is 143 Å². The molecule has 1 aromatic carbocycles. The zero-order valence-electron chi connectivity index (χ0n) is 24.8. The summed E-state index contributed by atoms with van der Waals surface area (Å²) in [7, 11) is 0. The SMILES string of the molecule is CCCCCOc1ccc2c(c1)CC(CCCCCCCC(C)CCCC(C)CCCC(C)C)CO2. The lowest BCUT2D eigenvalue weighted by Gasteiger charge is -2.25. The molecule has 0 fully saturated rings. The van der Waals surface area contributed by atoms with Crippen LogP contribution in [0.2, 0.25) is 0 Å². The summed E-state index contributed by atoms with van der Waals surface area (Å²) >= 11 is 0. The van der Waals surface area contributed by atoms with E-state index in [9.17, 15) is 0 Å². The predicted octanol–water partition coefficient (Wildman–Crippen LogP) is 10.8.